The number of nitrogens with zero attached hydrogens (tertiary/aromatic N) is 4. The largest absolute Gasteiger partial charge is 0.361 e. The van der Waals surface area contributed by atoms with Gasteiger partial charge in [-0.25, -0.2) is 0 Å². The van der Waals surface area contributed by atoms with Gasteiger partial charge >= 0.3 is 0 Å². The number of hydrogen-bond donors (Lipinski definition) is 0. The van der Waals surface area contributed by atoms with E-state index in [0.717, 1.165) is 42.3 Å². The fourth-order valence-corrected chi connectivity index (χ4v) is 2.57. The minimum atomic E-state index is 0.759. The molecule has 0 fully saturated rings. The second-order valence-corrected chi connectivity index (χ2v) is 4.63. The van der Waals surface area contributed by atoms with Crippen molar-refractivity contribution in [1.29, 1.82) is 0 Å². The van der Waals surface area contributed by atoms with Gasteiger partial charge in [0.2, 0.25) is 0 Å². The first-order chi connectivity index (χ1) is 7.86. The average Bonchev–Trinajstić information content (AvgIpc) is 2.96. The Hall–Kier alpha value is -1.69. The van der Waals surface area contributed by atoms with Crippen LogP contribution in [-0.4, -0.2) is 27.6 Å². The first kappa shape index (κ1) is 9.53. The van der Waals surface area contributed by atoms with E-state index in [1.165, 1.54) is 11.3 Å². The minimum absolute atomic E-state index is 0.759. The molecule has 0 saturated heterocycles. The van der Waals surface area contributed by atoms with Crippen LogP contribution in [-0.2, 0) is 13.1 Å². The zero-order valence-corrected chi connectivity index (χ0v) is 9.35. The molecule has 0 atom stereocenters. The van der Waals surface area contributed by atoms with Gasteiger partial charge in [-0.15, -0.1) is 21.5 Å². The molecule has 3 heterocycles. The highest BCUT2D eigenvalue weighted by atomic mass is 32.1. The number of rotatable bonds is 2. The minimum Gasteiger partial charge on any atom is -0.361 e. The van der Waals surface area contributed by atoms with Crippen molar-refractivity contribution in [2.75, 3.05) is 11.4 Å². The average molecular weight is 234 g/mol. The van der Waals surface area contributed by atoms with E-state index < -0.39 is 0 Å². The highest BCUT2D eigenvalue weighted by Crippen LogP contribution is 2.25. The molecular formula is C10H10N4OS. The molecule has 0 aliphatic carbocycles. The molecule has 2 aromatic rings. The van der Waals surface area contributed by atoms with E-state index in [-0.39, 0.29) is 0 Å². The maximum Gasteiger partial charge on any atom is 0.160 e. The molecule has 0 unspecified atom stereocenters. The van der Waals surface area contributed by atoms with Crippen LogP contribution in [0.25, 0.3) is 0 Å². The lowest BCUT2D eigenvalue weighted by atomic mass is 10.3. The van der Waals surface area contributed by atoms with Gasteiger partial charge in [-0.2, -0.15) is 0 Å². The Morgan fingerprint density at radius 2 is 2.38 bits per heavy atom. The number of carbonyl (C=O) groups is 1. The van der Waals surface area contributed by atoms with Gasteiger partial charge in [0, 0.05) is 24.2 Å². The molecule has 0 spiro atoms. The monoisotopic (exact) mass is 234 g/mol. The van der Waals surface area contributed by atoms with E-state index in [4.69, 9.17) is 0 Å². The second kappa shape index (κ2) is 3.71. The summed E-state index contributed by atoms with van der Waals surface area (Å²) in [6.07, 6.45) is 2.65. The molecule has 1 aliphatic heterocycles. The first-order valence-corrected chi connectivity index (χ1v) is 5.90. The summed E-state index contributed by atoms with van der Waals surface area (Å²) in [5.74, 6) is 0.977. The van der Waals surface area contributed by atoms with E-state index in [9.17, 15) is 4.79 Å². The van der Waals surface area contributed by atoms with Crippen molar-refractivity contribution >= 4 is 23.3 Å². The van der Waals surface area contributed by atoms with Crippen LogP contribution in [0.3, 0.4) is 0 Å². The van der Waals surface area contributed by atoms with Crippen molar-refractivity contribution in [1.82, 2.24) is 14.8 Å². The lowest BCUT2D eigenvalue weighted by molar-refractivity contribution is 0.112. The summed E-state index contributed by atoms with van der Waals surface area (Å²) in [5.41, 5.74) is 1.10. The molecule has 2 aromatic heterocycles. The van der Waals surface area contributed by atoms with Gasteiger partial charge in [-0.1, -0.05) is 0 Å². The predicted octanol–water partition coefficient (Wildman–Crippen LogP) is 1.17. The van der Waals surface area contributed by atoms with Gasteiger partial charge in [-0.05, 0) is 6.07 Å². The van der Waals surface area contributed by atoms with Gasteiger partial charge in [0.25, 0.3) is 0 Å². The summed E-state index contributed by atoms with van der Waals surface area (Å²) in [4.78, 5) is 13.6. The summed E-state index contributed by atoms with van der Waals surface area (Å²) < 4.78 is 2.06. The van der Waals surface area contributed by atoms with Gasteiger partial charge in [-0.3, -0.25) is 4.79 Å². The van der Waals surface area contributed by atoms with E-state index >= 15 is 0 Å². The van der Waals surface area contributed by atoms with Crippen LogP contribution < -0.4 is 4.90 Å². The fourth-order valence-electron chi connectivity index (χ4n) is 1.86. The van der Waals surface area contributed by atoms with Gasteiger partial charge in [0.15, 0.2) is 12.1 Å². The van der Waals surface area contributed by atoms with Gasteiger partial charge in [0.05, 0.1) is 11.4 Å². The number of fused-ring (bicyclic) bond motifs is 1. The normalized spacial score (nSPS) is 14.9. The summed E-state index contributed by atoms with van der Waals surface area (Å²) in [6.45, 7) is 2.59. The number of thiophene rings is 1. The fraction of sp³-hybridized carbons (Fsp3) is 0.300. The number of aromatic nitrogens is 3. The van der Waals surface area contributed by atoms with E-state index in [1.807, 2.05) is 11.4 Å². The van der Waals surface area contributed by atoms with Crippen molar-refractivity contribution in [2.45, 2.75) is 13.1 Å². The molecule has 16 heavy (non-hydrogen) atoms. The van der Waals surface area contributed by atoms with E-state index in [2.05, 4.69) is 19.7 Å². The van der Waals surface area contributed by atoms with Crippen LogP contribution in [0.2, 0.25) is 0 Å². The third kappa shape index (κ3) is 1.51. The molecule has 0 radical (unpaired) electrons. The highest BCUT2D eigenvalue weighted by molar-refractivity contribution is 7.12. The maximum absolute atomic E-state index is 10.6. The molecule has 82 valence electrons. The number of anilines is 1. The van der Waals surface area contributed by atoms with Gasteiger partial charge in [0.1, 0.15) is 6.33 Å². The Balaban J connectivity index is 1.85. The highest BCUT2D eigenvalue weighted by Gasteiger charge is 2.18. The lowest BCUT2D eigenvalue weighted by Crippen LogP contribution is -2.33. The Labute approximate surface area is 96.3 Å². The summed E-state index contributed by atoms with van der Waals surface area (Å²) >= 11 is 1.47. The van der Waals surface area contributed by atoms with Crippen LogP contribution in [0, 0.1) is 0 Å². The number of hydrogen-bond acceptors (Lipinski definition) is 5. The van der Waals surface area contributed by atoms with E-state index in [0.29, 0.717) is 0 Å². The second-order valence-electron chi connectivity index (χ2n) is 3.69. The number of carbonyl (C=O) groups excluding carboxylic acids is 1. The molecule has 0 bridgehead atoms. The van der Waals surface area contributed by atoms with Crippen molar-refractivity contribution in [2.24, 2.45) is 0 Å². The molecule has 6 heteroatoms. The van der Waals surface area contributed by atoms with Crippen LogP contribution >= 0.6 is 11.3 Å². The Bertz CT molecular complexity index is 518. The molecule has 0 aromatic carbocycles. The Morgan fingerprint density at radius 1 is 1.44 bits per heavy atom. The van der Waals surface area contributed by atoms with Crippen molar-refractivity contribution in [3.05, 3.63) is 28.5 Å². The summed E-state index contributed by atoms with van der Waals surface area (Å²) in [6, 6.07) is 1.92. The number of aldehydes is 1. The molecular weight excluding hydrogens is 224 g/mol. The zero-order valence-electron chi connectivity index (χ0n) is 8.54. The van der Waals surface area contributed by atoms with Crippen LogP contribution in [0.5, 0.6) is 0 Å². The third-order valence-electron chi connectivity index (χ3n) is 2.73. The quantitative estimate of drug-likeness (QED) is 0.732. The first-order valence-electron chi connectivity index (χ1n) is 5.02. The van der Waals surface area contributed by atoms with Crippen molar-refractivity contribution in [3.8, 4) is 0 Å². The standard InChI is InChI=1S/C10H10N4OS/c15-5-9-3-8(6-16-9)13-1-2-14-7-11-12-10(14)4-13/h3,5-7H,1-2,4H2. The third-order valence-corrected chi connectivity index (χ3v) is 3.57. The Kier molecular flexibility index (Phi) is 2.21. The van der Waals surface area contributed by atoms with Gasteiger partial charge < -0.3 is 9.47 Å². The summed E-state index contributed by atoms with van der Waals surface area (Å²) in [7, 11) is 0. The topological polar surface area (TPSA) is 51.0 Å². The lowest BCUT2D eigenvalue weighted by Gasteiger charge is -2.27. The maximum atomic E-state index is 10.6. The molecule has 0 N–H and O–H groups in total. The smallest absolute Gasteiger partial charge is 0.160 e. The molecule has 5 nitrogen and oxygen atoms in total. The van der Waals surface area contributed by atoms with Crippen molar-refractivity contribution in [3.63, 3.8) is 0 Å². The van der Waals surface area contributed by atoms with E-state index in [1.54, 1.807) is 6.33 Å². The SMILES string of the molecule is O=Cc1cc(N2CCn3cnnc3C2)cs1. The van der Waals surface area contributed by atoms with Crippen molar-refractivity contribution < 1.29 is 4.79 Å². The predicted molar refractivity (Wildman–Crippen MR) is 60.8 cm³/mol. The zero-order chi connectivity index (χ0) is 11.0. The van der Waals surface area contributed by atoms with Crippen LogP contribution in [0.4, 0.5) is 5.69 Å². The molecule has 1 aliphatic rings. The van der Waals surface area contributed by atoms with Crippen LogP contribution in [0.15, 0.2) is 17.8 Å². The molecule has 0 saturated carbocycles. The van der Waals surface area contributed by atoms with Crippen LogP contribution in [0.1, 0.15) is 15.5 Å². The molecule has 3 rings (SSSR count). The Morgan fingerprint density at radius 3 is 3.19 bits per heavy atom. The molecule has 0 amide bonds. The summed E-state index contributed by atoms with van der Waals surface area (Å²) in [5, 5.41) is 9.96.